The SMILES string of the molecule is COC(=O)c1cc(-c2ccccc2)[nH]c1C#N. The molecule has 0 aliphatic heterocycles. The van der Waals surface area contributed by atoms with Crippen molar-refractivity contribution in [2.45, 2.75) is 0 Å². The van der Waals surface area contributed by atoms with Gasteiger partial charge in [-0.15, -0.1) is 0 Å². The van der Waals surface area contributed by atoms with Gasteiger partial charge >= 0.3 is 5.97 Å². The molecule has 0 spiro atoms. The lowest BCUT2D eigenvalue weighted by Gasteiger charge is -1.95. The number of hydrogen-bond acceptors (Lipinski definition) is 3. The van der Waals surface area contributed by atoms with Crippen molar-refractivity contribution in [2.24, 2.45) is 0 Å². The molecule has 0 aliphatic rings. The Hall–Kier alpha value is -2.54. The van der Waals surface area contributed by atoms with Crippen LogP contribution in [0.2, 0.25) is 0 Å². The second-order valence-corrected chi connectivity index (χ2v) is 3.44. The molecule has 2 rings (SSSR count). The summed E-state index contributed by atoms with van der Waals surface area (Å²) in [6, 6.07) is 13.0. The molecular formula is C13H10N2O2. The number of H-pyrrole nitrogens is 1. The third-order valence-corrected chi connectivity index (χ3v) is 2.42. The van der Waals surface area contributed by atoms with Gasteiger partial charge in [-0.25, -0.2) is 4.79 Å². The summed E-state index contributed by atoms with van der Waals surface area (Å²) in [6.45, 7) is 0. The molecule has 0 bridgehead atoms. The zero-order valence-corrected chi connectivity index (χ0v) is 9.23. The summed E-state index contributed by atoms with van der Waals surface area (Å²) in [5.41, 5.74) is 2.12. The maximum Gasteiger partial charge on any atom is 0.340 e. The Morgan fingerprint density at radius 2 is 2.06 bits per heavy atom. The van der Waals surface area contributed by atoms with Gasteiger partial charge in [-0.2, -0.15) is 5.26 Å². The first-order valence-electron chi connectivity index (χ1n) is 5.03. The zero-order valence-electron chi connectivity index (χ0n) is 9.23. The van der Waals surface area contributed by atoms with Crippen LogP contribution >= 0.6 is 0 Å². The fraction of sp³-hybridized carbons (Fsp3) is 0.0769. The number of hydrogen-bond donors (Lipinski definition) is 1. The van der Waals surface area contributed by atoms with Gasteiger partial charge in [0.2, 0.25) is 0 Å². The molecule has 0 radical (unpaired) electrons. The van der Waals surface area contributed by atoms with Gasteiger partial charge in [0.05, 0.1) is 12.7 Å². The first kappa shape index (κ1) is 11.0. The monoisotopic (exact) mass is 226 g/mol. The van der Waals surface area contributed by atoms with E-state index in [1.165, 1.54) is 7.11 Å². The number of aromatic amines is 1. The number of benzene rings is 1. The predicted octanol–water partition coefficient (Wildman–Crippen LogP) is 2.34. The quantitative estimate of drug-likeness (QED) is 0.799. The van der Waals surface area contributed by atoms with Crippen molar-refractivity contribution >= 4 is 5.97 Å². The summed E-state index contributed by atoms with van der Waals surface area (Å²) in [5, 5.41) is 8.93. The summed E-state index contributed by atoms with van der Waals surface area (Å²) in [4.78, 5) is 14.3. The molecule has 1 heterocycles. The van der Waals surface area contributed by atoms with Crippen molar-refractivity contribution in [1.29, 1.82) is 5.26 Å². The molecule has 17 heavy (non-hydrogen) atoms. The molecule has 4 nitrogen and oxygen atoms in total. The summed E-state index contributed by atoms with van der Waals surface area (Å²) in [5.74, 6) is -0.514. The molecule has 0 saturated carbocycles. The van der Waals surface area contributed by atoms with Crippen LogP contribution in [0.1, 0.15) is 16.1 Å². The van der Waals surface area contributed by atoms with Crippen molar-refractivity contribution in [3.05, 3.63) is 47.7 Å². The Labute approximate surface area is 98.5 Å². The highest BCUT2D eigenvalue weighted by atomic mass is 16.5. The smallest absolute Gasteiger partial charge is 0.340 e. The predicted molar refractivity (Wildman–Crippen MR) is 62.3 cm³/mol. The van der Waals surface area contributed by atoms with Crippen LogP contribution in [0.5, 0.6) is 0 Å². The van der Waals surface area contributed by atoms with E-state index in [-0.39, 0.29) is 11.3 Å². The van der Waals surface area contributed by atoms with Crippen molar-refractivity contribution in [3.8, 4) is 17.3 Å². The van der Waals surface area contributed by atoms with Gasteiger partial charge in [-0.3, -0.25) is 0 Å². The highest BCUT2D eigenvalue weighted by Gasteiger charge is 2.16. The number of nitrogens with one attached hydrogen (secondary N) is 1. The molecular weight excluding hydrogens is 216 g/mol. The van der Waals surface area contributed by atoms with Gasteiger partial charge in [-0.1, -0.05) is 30.3 Å². The lowest BCUT2D eigenvalue weighted by atomic mass is 10.1. The van der Waals surface area contributed by atoms with Crippen LogP contribution in [-0.4, -0.2) is 18.1 Å². The number of nitrogens with zero attached hydrogens (tertiary/aromatic N) is 1. The Morgan fingerprint density at radius 1 is 1.35 bits per heavy atom. The van der Waals surface area contributed by atoms with E-state index < -0.39 is 5.97 Å². The molecule has 4 heteroatoms. The largest absolute Gasteiger partial charge is 0.465 e. The van der Waals surface area contributed by atoms with Gasteiger partial charge in [-0.05, 0) is 11.6 Å². The van der Waals surface area contributed by atoms with E-state index in [1.54, 1.807) is 6.07 Å². The number of carbonyl (C=O) groups excluding carboxylic acids is 1. The average Bonchev–Trinajstić information content (AvgIpc) is 2.83. The Morgan fingerprint density at radius 3 is 2.65 bits per heavy atom. The summed E-state index contributed by atoms with van der Waals surface area (Å²) < 4.78 is 4.62. The molecule has 0 unspecified atom stereocenters. The number of ether oxygens (including phenoxy) is 1. The molecule has 0 saturated heterocycles. The molecule has 0 aliphatic carbocycles. The van der Waals surface area contributed by atoms with Crippen LogP contribution in [0.15, 0.2) is 36.4 Å². The molecule has 0 amide bonds. The van der Waals surface area contributed by atoms with Gasteiger partial charge in [0.1, 0.15) is 11.8 Å². The Bertz CT molecular complexity index is 579. The van der Waals surface area contributed by atoms with Gasteiger partial charge < -0.3 is 9.72 Å². The first-order valence-corrected chi connectivity index (χ1v) is 5.03. The maximum atomic E-state index is 11.4. The minimum absolute atomic E-state index is 0.218. The van der Waals surface area contributed by atoms with Crippen LogP contribution < -0.4 is 0 Å². The zero-order chi connectivity index (χ0) is 12.3. The number of carbonyl (C=O) groups is 1. The van der Waals surface area contributed by atoms with Crippen LogP contribution in [0, 0.1) is 11.3 Å². The van der Waals surface area contributed by atoms with Crippen LogP contribution in [0.4, 0.5) is 0 Å². The van der Waals surface area contributed by atoms with E-state index in [2.05, 4.69) is 9.72 Å². The van der Waals surface area contributed by atoms with Crippen LogP contribution in [0.3, 0.4) is 0 Å². The molecule has 1 N–H and O–H groups in total. The average molecular weight is 226 g/mol. The van der Waals surface area contributed by atoms with Crippen molar-refractivity contribution in [3.63, 3.8) is 0 Å². The minimum atomic E-state index is -0.514. The van der Waals surface area contributed by atoms with Crippen molar-refractivity contribution in [1.82, 2.24) is 4.98 Å². The van der Waals surface area contributed by atoms with E-state index in [1.807, 2.05) is 36.4 Å². The van der Waals surface area contributed by atoms with Gasteiger partial charge in [0, 0.05) is 5.69 Å². The fourth-order valence-corrected chi connectivity index (χ4v) is 1.59. The molecule has 1 aromatic carbocycles. The lowest BCUT2D eigenvalue weighted by Crippen LogP contribution is -2.01. The second kappa shape index (κ2) is 4.54. The Balaban J connectivity index is 2.50. The van der Waals surface area contributed by atoms with Crippen LogP contribution in [0.25, 0.3) is 11.3 Å². The lowest BCUT2D eigenvalue weighted by molar-refractivity contribution is 0.0600. The van der Waals surface area contributed by atoms with E-state index in [9.17, 15) is 4.79 Å². The normalized spacial score (nSPS) is 9.65. The number of esters is 1. The molecule has 84 valence electrons. The standard InChI is InChI=1S/C13H10N2O2/c1-17-13(16)10-7-11(15-12(10)8-14)9-5-3-2-4-6-9/h2-7,15H,1H3. The van der Waals surface area contributed by atoms with E-state index in [0.717, 1.165) is 11.3 Å². The number of methoxy groups -OCH3 is 1. The third kappa shape index (κ3) is 2.04. The fourth-order valence-electron chi connectivity index (χ4n) is 1.59. The highest BCUT2D eigenvalue weighted by Crippen LogP contribution is 2.21. The topological polar surface area (TPSA) is 65.9 Å². The van der Waals surface area contributed by atoms with Crippen LogP contribution in [-0.2, 0) is 4.74 Å². The van der Waals surface area contributed by atoms with Gasteiger partial charge in [0.15, 0.2) is 0 Å². The molecule has 2 aromatic rings. The number of rotatable bonds is 2. The molecule has 0 atom stereocenters. The Kier molecular flexibility index (Phi) is 2.93. The molecule has 1 aromatic heterocycles. The van der Waals surface area contributed by atoms with Crippen molar-refractivity contribution < 1.29 is 9.53 Å². The third-order valence-electron chi connectivity index (χ3n) is 2.42. The van der Waals surface area contributed by atoms with Gasteiger partial charge in [0.25, 0.3) is 0 Å². The van der Waals surface area contributed by atoms with E-state index in [0.29, 0.717) is 0 Å². The highest BCUT2D eigenvalue weighted by molar-refractivity contribution is 5.93. The number of aromatic nitrogens is 1. The summed E-state index contributed by atoms with van der Waals surface area (Å²) in [6.07, 6.45) is 0. The van der Waals surface area contributed by atoms with E-state index >= 15 is 0 Å². The van der Waals surface area contributed by atoms with Crippen molar-refractivity contribution in [2.75, 3.05) is 7.11 Å². The minimum Gasteiger partial charge on any atom is -0.465 e. The van der Waals surface area contributed by atoms with E-state index in [4.69, 9.17) is 5.26 Å². The first-order chi connectivity index (χ1) is 8.26. The summed E-state index contributed by atoms with van der Waals surface area (Å²) in [7, 11) is 1.29. The number of nitriles is 1. The molecule has 0 fully saturated rings. The second-order valence-electron chi connectivity index (χ2n) is 3.44. The maximum absolute atomic E-state index is 11.4. The summed E-state index contributed by atoms with van der Waals surface area (Å²) >= 11 is 0.